The minimum Gasteiger partial charge on any atom is -0.494 e. The molecule has 18 heavy (non-hydrogen) atoms. The zero-order chi connectivity index (χ0) is 13.7. The van der Waals surface area contributed by atoms with Gasteiger partial charge in [0.05, 0.1) is 7.11 Å². The van der Waals surface area contributed by atoms with Gasteiger partial charge in [0.15, 0.2) is 11.6 Å². The summed E-state index contributed by atoms with van der Waals surface area (Å²) in [7, 11) is 1.32. The van der Waals surface area contributed by atoms with Crippen LogP contribution in [0.5, 0.6) is 5.75 Å². The number of carbonyl (C=O) groups excluding carboxylic acids is 1. The number of nitrogens with one attached hydrogen (secondary N) is 1. The van der Waals surface area contributed by atoms with E-state index in [1.165, 1.54) is 32.2 Å². The van der Waals surface area contributed by atoms with Gasteiger partial charge in [-0.2, -0.15) is 0 Å². The van der Waals surface area contributed by atoms with Gasteiger partial charge in [0.25, 0.3) is 0 Å². The van der Waals surface area contributed by atoms with E-state index in [4.69, 9.17) is 9.84 Å². The van der Waals surface area contributed by atoms with Crippen molar-refractivity contribution >= 4 is 11.9 Å². The molecular formula is C12H14FNO4. The van der Waals surface area contributed by atoms with E-state index in [-0.39, 0.29) is 12.2 Å². The summed E-state index contributed by atoms with van der Waals surface area (Å²) in [5.74, 6) is -2.06. The van der Waals surface area contributed by atoms with E-state index >= 15 is 0 Å². The molecule has 0 radical (unpaired) electrons. The lowest BCUT2D eigenvalue weighted by Gasteiger charge is -2.13. The number of hydrogen-bond acceptors (Lipinski definition) is 3. The first-order valence-corrected chi connectivity index (χ1v) is 5.26. The van der Waals surface area contributed by atoms with Crippen LogP contribution in [0.3, 0.4) is 0 Å². The minimum atomic E-state index is -1.14. The molecule has 1 aromatic rings. The predicted molar refractivity (Wildman–Crippen MR) is 61.9 cm³/mol. The molecule has 1 atom stereocenters. The van der Waals surface area contributed by atoms with Gasteiger partial charge in [-0.1, -0.05) is 6.07 Å². The van der Waals surface area contributed by atoms with Crippen LogP contribution in [0.15, 0.2) is 18.2 Å². The smallest absolute Gasteiger partial charge is 0.326 e. The van der Waals surface area contributed by atoms with E-state index in [2.05, 4.69) is 5.32 Å². The number of methoxy groups -OCH3 is 1. The van der Waals surface area contributed by atoms with E-state index in [1.54, 1.807) is 0 Å². The van der Waals surface area contributed by atoms with Gasteiger partial charge in [-0.15, -0.1) is 0 Å². The number of amides is 1. The molecule has 0 spiro atoms. The SMILES string of the molecule is COc1cc(CC(NC(C)=O)C(=O)O)ccc1F. The number of hydrogen-bond donors (Lipinski definition) is 2. The Bertz CT molecular complexity index is 461. The molecule has 0 saturated carbocycles. The largest absolute Gasteiger partial charge is 0.494 e. The van der Waals surface area contributed by atoms with Crippen molar-refractivity contribution in [2.45, 2.75) is 19.4 Å². The van der Waals surface area contributed by atoms with E-state index in [0.29, 0.717) is 5.56 Å². The summed E-state index contributed by atoms with van der Waals surface area (Å²) in [5.41, 5.74) is 0.564. The number of carbonyl (C=O) groups is 2. The molecular weight excluding hydrogens is 241 g/mol. The van der Waals surface area contributed by atoms with Crippen LogP contribution in [0.1, 0.15) is 12.5 Å². The Morgan fingerprint density at radius 2 is 2.17 bits per heavy atom. The molecule has 5 nitrogen and oxygen atoms in total. The molecule has 0 bridgehead atoms. The first kappa shape index (κ1) is 14.0. The second-order valence-corrected chi connectivity index (χ2v) is 3.76. The van der Waals surface area contributed by atoms with Gasteiger partial charge >= 0.3 is 5.97 Å². The summed E-state index contributed by atoms with van der Waals surface area (Å²) < 4.78 is 18.0. The summed E-state index contributed by atoms with van der Waals surface area (Å²) in [6.45, 7) is 1.24. The number of carboxylic acids is 1. The molecule has 1 unspecified atom stereocenters. The highest BCUT2D eigenvalue weighted by Crippen LogP contribution is 2.19. The Hall–Kier alpha value is -2.11. The maximum atomic E-state index is 13.2. The van der Waals surface area contributed by atoms with Crippen LogP contribution in [-0.2, 0) is 16.0 Å². The van der Waals surface area contributed by atoms with E-state index in [0.717, 1.165) is 0 Å². The highest BCUT2D eigenvalue weighted by molar-refractivity contribution is 5.82. The number of benzene rings is 1. The third-order valence-corrected chi connectivity index (χ3v) is 2.33. The van der Waals surface area contributed by atoms with Gasteiger partial charge < -0.3 is 15.2 Å². The normalized spacial score (nSPS) is 11.7. The molecule has 0 saturated heterocycles. The first-order valence-electron chi connectivity index (χ1n) is 5.26. The lowest BCUT2D eigenvalue weighted by atomic mass is 10.1. The van der Waals surface area contributed by atoms with Crippen molar-refractivity contribution in [3.05, 3.63) is 29.6 Å². The van der Waals surface area contributed by atoms with Crippen molar-refractivity contribution in [3.8, 4) is 5.75 Å². The lowest BCUT2D eigenvalue weighted by molar-refractivity contribution is -0.141. The van der Waals surface area contributed by atoms with E-state index < -0.39 is 23.7 Å². The molecule has 0 aliphatic carbocycles. The van der Waals surface area contributed by atoms with Crippen molar-refractivity contribution < 1.29 is 23.8 Å². The van der Waals surface area contributed by atoms with Crippen LogP contribution in [0.25, 0.3) is 0 Å². The number of rotatable bonds is 5. The summed E-state index contributed by atoms with van der Waals surface area (Å²) in [6.07, 6.45) is 0.0611. The van der Waals surface area contributed by atoms with Crippen LogP contribution < -0.4 is 10.1 Å². The van der Waals surface area contributed by atoms with Gasteiger partial charge in [-0.25, -0.2) is 9.18 Å². The average Bonchev–Trinajstić information content (AvgIpc) is 2.29. The number of halogens is 1. The maximum Gasteiger partial charge on any atom is 0.326 e. The van der Waals surface area contributed by atoms with Gasteiger partial charge in [0.2, 0.25) is 5.91 Å². The Balaban J connectivity index is 2.87. The van der Waals surface area contributed by atoms with Crippen molar-refractivity contribution in [2.24, 2.45) is 0 Å². The molecule has 98 valence electrons. The summed E-state index contributed by atoms with van der Waals surface area (Å²) in [5, 5.41) is 11.3. The number of carboxylic acid groups (broad SMARTS) is 1. The zero-order valence-corrected chi connectivity index (χ0v) is 10.1. The van der Waals surface area contributed by atoms with Crippen LogP contribution in [-0.4, -0.2) is 30.1 Å². The lowest BCUT2D eigenvalue weighted by Crippen LogP contribution is -2.41. The van der Waals surface area contributed by atoms with Crippen molar-refractivity contribution in [2.75, 3.05) is 7.11 Å². The summed E-state index contributed by atoms with van der Waals surface area (Å²) in [6, 6.07) is 3.02. The second kappa shape index (κ2) is 6.00. The number of aliphatic carboxylic acids is 1. The molecule has 1 rings (SSSR count). The number of ether oxygens (including phenoxy) is 1. The fourth-order valence-electron chi connectivity index (χ4n) is 1.51. The molecule has 6 heteroatoms. The second-order valence-electron chi connectivity index (χ2n) is 3.76. The maximum absolute atomic E-state index is 13.2. The molecule has 1 amide bonds. The molecule has 2 N–H and O–H groups in total. The third kappa shape index (κ3) is 3.73. The van der Waals surface area contributed by atoms with E-state index in [9.17, 15) is 14.0 Å². The topological polar surface area (TPSA) is 75.6 Å². The van der Waals surface area contributed by atoms with Crippen molar-refractivity contribution in [1.82, 2.24) is 5.32 Å². The van der Waals surface area contributed by atoms with Crippen LogP contribution in [0.4, 0.5) is 4.39 Å². The predicted octanol–water partition coefficient (Wildman–Crippen LogP) is 0.966. The molecule has 0 aliphatic heterocycles. The monoisotopic (exact) mass is 255 g/mol. The van der Waals surface area contributed by atoms with Crippen LogP contribution >= 0.6 is 0 Å². The van der Waals surface area contributed by atoms with Crippen molar-refractivity contribution in [3.63, 3.8) is 0 Å². The quantitative estimate of drug-likeness (QED) is 0.822. The molecule has 1 aromatic carbocycles. The van der Waals surface area contributed by atoms with Crippen molar-refractivity contribution in [1.29, 1.82) is 0 Å². The van der Waals surface area contributed by atoms with Gasteiger partial charge in [0, 0.05) is 13.3 Å². The van der Waals surface area contributed by atoms with Crippen LogP contribution in [0.2, 0.25) is 0 Å². The zero-order valence-electron chi connectivity index (χ0n) is 10.1. The highest BCUT2D eigenvalue weighted by Gasteiger charge is 2.19. The van der Waals surface area contributed by atoms with Gasteiger partial charge in [0.1, 0.15) is 6.04 Å². The Kier molecular flexibility index (Phi) is 4.65. The van der Waals surface area contributed by atoms with Gasteiger partial charge in [-0.3, -0.25) is 4.79 Å². The van der Waals surface area contributed by atoms with Crippen LogP contribution in [0, 0.1) is 5.82 Å². The summed E-state index contributed by atoms with van der Waals surface area (Å²) >= 11 is 0. The highest BCUT2D eigenvalue weighted by atomic mass is 19.1. The Morgan fingerprint density at radius 3 is 2.67 bits per heavy atom. The molecule has 0 heterocycles. The third-order valence-electron chi connectivity index (χ3n) is 2.33. The standard InChI is InChI=1S/C12H14FNO4/c1-7(15)14-10(12(16)17)5-8-3-4-9(13)11(6-8)18-2/h3-4,6,10H,5H2,1-2H3,(H,14,15)(H,16,17). The van der Waals surface area contributed by atoms with Gasteiger partial charge in [-0.05, 0) is 17.7 Å². The first-order chi connectivity index (χ1) is 8.43. The summed E-state index contributed by atoms with van der Waals surface area (Å²) in [4.78, 5) is 21.8. The minimum absolute atomic E-state index is 0.0412. The fraction of sp³-hybridized carbons (Fsp3) is 0.333. The molecule has 0 aliphatic rings. The Labute approximate surface area is 104 Å². The average molecular weight is 255 g/mol. The van der Waals surface area contributed by atoms with E-state index in [1.807, 2.05) is 0 Å². The fourth-order valence-corrected chi connectivity index (χ4v) is 1.51. The molecule has 0 aromatic heterocycles. The molecule has 0 fully saturated rings. The Morgan fingerprint density at radius 1 is 1.50 bits per heavy atom.